The Morgan fingerprint density at radius 2 is 2.27 bits per heavy atom. The predicted octanol–water partition coefficient (Wildman–Crippen LogP) is 2.63. The number of carbonyl (C=O) groups excluding carboxylic acids is 1. The van der Waals surface area contributed by atoms with E-state index in [2.05, 4.69) is 15.6 Å². The molecule has 2 amide bonds. The van der Waals surface area contributed by atoms with Crippen LogP contribution in [0.1, 0.15) is 13.3 Å². The molecule has 0 radical (unpaired) electrons. The fraction of sp³-hybridized carbons (Fsp3) is 0.375. The highest BCUT2D eigenvalue weighted by Gasteiger charge is 2.09. The minimum atomic E-state index is -0.222. The van der Waals surface area contributed by atoms with Crippen molar-refractivity contribution in [2.75, 3.05) is 19.0 Å². The molecule has 1 aromatic carbocycles. The zero-order valence-corrected chi connectivity index (χ0v) is 13.2. The molecular formula is C16H22N4O2. The van der Waals surface area contributed by atoms with Gasteiger partial charge in [-0.05, 0) is 25.5 Å². The Hall–Kier alpha value is -2.34. The van der Waals surface area contributed by atoms with E-state index in [4.69, 9.17) is 4.74 Å². The molecule has 0 saturated carbocycles. The van der Waals surface area contributed by atoms with Crippen molar-refractivity contribution in [2.24, 2.45) is 7.05 Å². The lowest BCUT2D eigenvalue weighted by molar-refractivity contribution is 0.185. The second-order valence-corrected chi connectivity index (χ2v) is 5.22. The first kappa shape index (κ1) is 16.0. The van der Waals surface area contributed by atoms with Crippen LogP contribution in [0.3, 0.4) is 0 Å². The maximum atomic E-state index is 12.0. The summed E-state index contributed by atoms with van der Waals surface area (Å²) in [4.78, 5) is 16.3. The monoisotopic (exact) mass is 302 g/mol. The number of amides is 2. The van der Waals surface area contributed by atoms with Gasteiger partial charge in [-0.3, -0.25) is 0 Å². The van der Waals surface area contributed by atoms with Gasteiger partial charge in [0.05, 0.1) is 0 Å². The first-order valence-corrected chi connectivity index (χ1v) is 7.24. The number of imidazole rings is 1. The van der Waals surface area contributed by atoms with Gasteiger partial charge < -0.3 is 19.9 Å². The zero-order chi connectivity index (χ0) is 15.9. The molecule has 22 heavy (non-hydrogen) atoms. The molecule has 6 heteroatoms. The molecule has 1 aromatic heterocycles. The number of urea groups is 1. The molecular weight excluding hydrogens is 280 g/mol. The minimum Gasteiger partial charge on any atom is -0.385 e. The van der Waals surface area contributed by atoms with Gasteiger partial charge >= 0.3 is 6.03 Å². The van der Waals surface area contributed by atoms with E-state index in [-0.39, 0.29) is 12.1 Å². The van der Waals surface area contributed by atoms with Crippen LogP contribution >= 0.6 is 0 Å². The minimum absolute atomic E-state index is 0.0534. The molecule has 2 rings (SSSR count). The lowest BCUT2D eigenvalue weighted by atomic mass is 10.2. The van der Waals surface area contributed by atoms with E-state index in [1.165, 1.54) is 0 Å². The van der Waals surface area contributed by atoms with E-state index in [1.54, 1.807) is 13.3 Å². The van der Waals surface area contributed by atoms with E-state index in [0.29, 0.717) is 6.61 Å². The molecule has 0 unspecified atom stereocenters. The van der Waals surface area contributed by atoms with Crippen LogP contribution in [0, 0.1) is 0 Å². The van der Waals surface area contributed by atoms with Crippen LogP contribution in [-0.4, -0.2) is 35.3 Å². The van der Waals surface area contributed by atoms with Crippen LogP contribution in [0.5, 0.6) is 0 Å². The van der Waals surface area contributed by atoms with Gasteiger partial charge in [0.1, 0.15) is 5.82 Å². The summed E-state index contributed by atoms with van der Waals surface area (Å²) in [6.07, 6.45) is 4.41. The molecule has 118 valence electrons. The number of benzene rings is 1. The summed E-state index contributed by atoms with van der Waals surface area (Å²) >= 11 is 0. The molecule has 0 spiro atoms. The predicted molar refractivity (Wildman–Crippen MR) is 86.8 cm³/mol. The number of hydrogen-bond donors (Lipinski definition) is 2. The molecule has 0 saturated heterocycles. The van der Waals surface area contributed by atoms with Crippen LogP contribution in [0.2, 0.25) is 0 Å². The Morgan fingerprint density at radius 1 is 1.45 bits per heavy atom. The number of nitrogens with one attached hydrogen (secondary N) is 2. The zero-order valence-electron chi connectivity index (χ0n) is 13.2. The molecule has 0 fully saturated rings. The molecule has 2 N–H and O–H groups in total. The summed E-state index contributed by atoms with van der Waals surface area (Å²) < 4.78 is 6.94. The lowest BCUT2D eigenvalue weighted by Gasteiger charge is -2.14. The number of rotatable bonds is 6. The normalized spacial score (nSPS) is 12.0. The van der Waals surface area contributed by atoms with Crippen molar-refractivity contribution in [1.29, 1.82) is 0 Å². The van der Waals surface area contributed by atoms with Crippen molar-refractivity contribution in [2.45, 2.75) is 19.4 Å². The summed E-state index contributed by atoms with van der Waals surface area (Å²) in [7, 11) is 3.59. The number of carbonyl (C=O) groups is 1. The van der Waals surface area contributed by atoms with Gasteiger partial charge in [0, 0.05) is 50.5 Å². The van der Waals surface area contributed by atoms with E-state index < -0.39 is 0 Å². The highest BCUT2D eigenvalue weighted by molar-refractivity contribution is 5.90. The van der Waals surface area contributed by atoms with Crippen LogP contribution in [0.4, 0.5) is 10.5 Å². The number of hydrogen-bond acceptors (Lipinski definition) is 3. The molecule has 0 aliphatic rings. The summed E-state index contributed by atoms with van der Waals surface area (Å²) in [5, 5.41) is 5.72. The van der Waals surface area contributed by atoms with Gasteiger partial charge in [0.2, 0.25) is 0 Å². The Morgan fingerprint density at radius 3 is 2.95 bits per heavy atom. The second-order valence-electron chi connectivity index (χ2n) is 5.22. The third-order valence-corrected chi connectivity index (χ3v) is 3.33. The first-order chi connectivity index (χ1) is 10.6. The largest absolute Gasteiger partial charge is 0.385 e. The third-order valence-electron chi connectivity index (χ3n) is 3.33. The Balaban J connectivity index is 1.99. The van der Waals surface area contributed by atoms with Gasteiger partial charge in [-0.2, -0.15) is 0 Å². The second kappa shape index (κ2) is 7.61. The van der Waals surface area contributed by atoms with Crippen LogP contribution in [0.15, 0.2) is 36.7 Å². The van der Waals surface area contributed by atoms with E-state index in [9.17, 15) is 4.79 Å². The number of methoxy groups -OCH3 is 1. The summed E-state index contributed by atoms with van der Waals surface area (Å²) in [5.74, 6) is 0.859. The SMILES string of the molecule is COCC[C@@H](C)NC(=O)Nc1cccc(-c2nccn2C)c1. The Labute approximate surface area is 130 Å². The molecule has 0 aliphatic heterocycles. The van der Waals surface area contributed by atoms with Gasteiger partial charge in [0.25, 0.3) is 0 Å². The van der Waals surface area contributed by atoms with E-state index in [1.807, 2.05) is 49.0 Å². The smallest absolute Gasteiger partial charge is 0.319 e. The number of anilines is 1. The molecule has 1 heterocycles. The fourth-order valence-corrected chi connectivity index (χ4v) is 2.14. The maximum absolute atomic E-state index is 12.0. The molecule has 0 aliphatic carbocycles. The summed E-state index contributed by atoms with van der Waals surface area (Å²) in [5.41, 5.74) is 1.69. The van der Waals surface area contributed by atoms with Crippen molar-refractivity contribution in [3.63, 3.8) is 0 Å². The molecule has 0 bridgehead atoms. The average Bonchev–Trinajstić information content (AvgIpc) is 2.91. The van der Waals surface area contributed by atoms with Crippen molar-refractivity contribution >= 4 is 11.7 Å². The van der Waals surface area contributed by atoms with Crippen LogP contribution in [0.25, 0.3) is 11.4 Å². The van der Waals surface area contributed by atoms with Crippen molar-refractivity contribution in [1.82, 2.24) is 14.9 Å². The number of aryl methyl sites for hydroxylation is 1. The standard InChI is InChI=1S/C16H22N4O2/c1-12(7-10-22-3)18-16(21)19-14-6-4-5-13(11-14)15-17-8-9-20(15)2/h4-6,8-9,11-12H,7,10H2,1-3H3,(H2,18,19,21)/t12-/m1/s1. The van der Waals surface area contributed by atoms with Crippen molar-refractivity contribution in [3.8, 4) is 11.4 Å². The first-order valence-electron chi connectivity index (χ1n) is 7.24. The molecule has 2 aromatic rings. The van der Waals surface area contributed by atoms with Gasteiger partial charge in [-0.1, -0.05) is 12.1 Å². The Kier molecular flexibility index (Phi) is 5.55. The quantitative estimate of drug-likeness (QED) is 0.862. The van der Waals surface area contributed by atoms with E-state index >= 15 is 0 Å². The summed E-state index contributed by atoms with van der Waals surface area (Å²) in [6, 6.07) is 7.45. The Bertz CT molecular complexity index is 624. The lowest BCUT2D eigenvalue weighted by Crippen LogP contribution is -2.36. The number of ether oxygens (including phenoxy) is 1. The van der Waals surface area contributed by atoms with Crippen LogP contribution < -0.4 is 10.6 Å². The van der Waals surface area contributed by atoms with E-state index in [0.717, 1.165) is 23.5 Å². The van der Waals surface area contributed by atoms with Gasteiger partial charge in [0.15, 0.2) is 0 Å². The molecule has 1 atom stereocenters. The number of aromatic nitrogens is 2. The topological polar surface area (TPSA) is 68.2 Å². The number of nitrogens with zero attached hydrogens (tertiary/aromatic N) is 2. The highest BCUT2D eigenvalue weighted by Crippen LogP contribution is 2.20. The maximum Gasteiger partial charge on any atom is 0.319 e. The fourth-order valence-electron chi connectivity index (χ4n) is 2.14. The van der Waals surface area contributed by atoms with Gasteiger partial charge in [-0.25, -0.2) is 9.78 Å². The van der Waals surface area contributed by atoms with Crippen molar-refractivity contribution < 1.29 is 9.53 Å². The molecule has 6 nitrogen and oxygen atoms in total. The summed E-state index contributed by atoms with van der Waals surface area (Å²) in [6.45, 7) is 2.57. The van der Waals surface area contributed by atoms with Gasteiger partial charge in [-0.15, -0.1) is 0 Å². The van der Waals surface area contributed by atoms with Crippen molar-refractivity contribution in [3.05, 3.63) is 36.7 Å². The highest BCUT2D eigenvalue weighted by atomic mass is 16.5. The van der Waals surface area contributed by atoms with Crippen LogP contribution in [-0.2, 0) is 11.8 Å². The third kappa shape index (κ3) is 4.33. The average molecular weight is 302 g/mol.